The maximum absolute atomic E-state index is 13.3. The van der Waals surface area contributed by atoms with E-state index in [-0.39, 0.29) is 24.1 Å². The van der Waals surface area contributed by atoms with Crippen molar-refractivity contribution in [2.75, 3.05) is 6.54 Å². The van der Waals surface area contributed by atoms with Gasteiger partial charge in [0.25, 0.3) is 5.56 Å². The molecule has 1 unspecified atom stereocenters. The van der Waals surface area contributed by atoms with Crippen molar-refractivity contribution in [3.63, 3.8) is 0 Å². The largest absolute Gasteiger partial charge is 0.334 e. The fourth-order valence-corrected chi connectivity index (χ4v) is 6.58. The highest BCUT2D eigenvalue weighted by atomic mass is 32.1. The van der Waals surface area contributed by atoms with Crippen molar-refractivity contribution in [1.29, 1.82) is 0 Å². The summed E-state index contributed by atoms with van der Waals surface area (Å²) in [6.45, 7) is 4.79. The first-order valence-electron chi connectivity index (χ1n) is 10.5. The maximum atomic E-state index is 13.3. The van der Waals surface area contributed by atoms with Gasteiger partial charge in [0, 0.05) is 16.3 Å². The first-order valence-corrected chi connectivity index (χ1v) is 12.2. The smallest absolute Gasteiger partial charge is 0.262 e. The summed E-state index contributed by atoms with van der Waals surface area (Å²) in [7, 11) is 0. The molecule has 0 radical (unpaired) electrons. The SMILES string of the molecule is CCC1c2ccsc2CCN1C(=O)Cn1cnc2sc(-c3ccccc3)c(C)c2c1=O. The topological polar surface area (TPSA) is 55.2 Å². The molecule has 1 aromatic carbocycles. The van der Waals surface area contributed by atoms with E-state index in [1.54, 1.807) is 11.3 Å². The Hall–Kier alpha value is -2.77. The van der Waals surface area contributed by atoms with Crippen molar-refractivity contribution < 1.29 is 4.79 Å². The molecule has 5 nitrogen and oxygen atoms in total. The number of aryl methyl sites for hydroxylation is 1. The molecule has 0 bridgehead atoms. The number of aromatic nitrogens is 2. The van der Waals surface area contributed by atoms with Crippen LogP contribution in [0.3, 0.4) is 0 Å². The second kappa shape index (κ2) is 8.05. The first-order chi connectivity index (χ1) is 15.1. The molecule has 0 fully saturated rings. The molecule has 0 spiro atoms. The van der Waals surface area contributed by atoms with E-state index in [2.05, 4.69) is 23.4 Å². The predicted molar refractivity (Wildman–Crippen MR) is 127 cm³/mol. The molecule has 1 aliphatic heterocycles. The lowest BCUT2D eigenvalue weighted by Crippen LogP contribution is -2.42. The molecule has 0 aliphatic carbocycles. The molecule has 1 amide bonds. The van der Waals surface area contributed by atoms with Crippen LogP contribution in [0.1, 0.15) is 35.4 Å². The Bertz CT molecular complexity index is 1320. The number of amides is 1. The second-order valence-corrected chi connectivity index (χ2v) is 9.84. The van der Waals surface area contributed by atoms with Crippen molar-refractivity contribution in [3.8, 4) is 10.4 Å². The van der Waals surface area contributed by atoms with E-state index >= 15 is 0 Å². The Kier molecular flexibility index (Phi) is 5.24. The Balaban J connectivity index is 1.47. The molecule has 5 rings (SSSR count). The van der Waals surface area contributed by atoms with Crippen LogP contribution in [-0.4, -0.2) is 26.9 Å². The number of hydrogen-bond acceptors (Lipinski definition) is 5. The first kappa shape index (κ1) is 20.2. The summed E-state index contributed by atoms with van der Waals surface area (Å²) in [5.74, 6) is -0.0249. The Labute approximate surface area is 188 Å². The molecular weight excluding hydrogens is 426 g/mol. The van der Waals surface area contributed by atoms with E-state index < -0.39 is 0 Å². The minimum absolute atomic E-state index is 0.0215. The van der Waals surface area contributed by atoms with E-state index in [9.17, 15) is 9.59 Å². The van der Waals surface area contributed by atoms with Gasteiger partial charge in [-0.15, -0.1) is 22.7 Å². The molecule has 31 heavy (non-hydrogen) atoms. The molecule has 3 aromatic heterocycles. The second-order valence-electron chi connectivity index (χ2n) is 7.84. The zero-order valence-electron chi connectivity index (χ0n) is 17.5. The number of carbonyl (C=O) groups is 1. The lowest BCUT2D eigenvalue weighted by atomic mass is 9.98. The average molecular weight is 450 g/mol. The van der Waals surface area contributed by atoms with Crippen LogP contribution in [0.25, 0.3) is 20.7 Å². The van der Waals surface area contributed by atoms with Crippen LogP contribution in [0.15, 0.2) is 52.9 Å². The summed E-state index contributed by atoms with van der Waals surface area (Å²) in [6, 6.07) is 12.3. The van der Waals surface area contributed by atoms with E-state index in [1.165, 1.54) is 32.7 Å². The number of rotatable bonds is 4. The van der Waals surface area contributed by atoms with Gasteiger partial charge in [-0.25, -0.2) is 4.98 Å². The average Bonchev–Trinajstić information content (AvgIpc) is 3.40. The van der Waals surface area contributed by atoms with Crippen LogP contribution in [-0.2, 0) is 17.8 Å². The molecule has 0 saturated carbocycles. The third-order valence-electron chi connectivity index (χ3n) is 6.06. The Morgan fingerprint density at radius 1 is 1.23 bits per heavy atom. The van der Waals surface area contributed by atoms with Gasteiger partial charge in [-0.2, -0.15) is 0 Å². The van der Waals surface area contributed by atoms with Crippen LogP contribution >= 0.6 is 22.7 Å². The van der Waals surface area contributed by atoms with E-state index in [4.69, 9.17) is 0 Å². The fraction of sp³-hybridized carbons (Fsp3) is 0.292. The van der Waals surface area contributed by atoms with Crippen LogP contribution in [0, 0.1) is 6.92 Å². The molecule has 4 heterocycles. The third kappa shape index (κ3) is 3.42. The molecule has 0 N–H and O–H groups in total. The summed E-state index contributed by atoms with van der Waals surface area (Å²) in [5, 5.41) is 2.72. The van der Waals surface area contributed by atoms with Crippen LogP contribution in [0.5, 0.6) is 0 Å². The minimum Gasteiger partial charge on any atom is -0.334 e. The van der Waals surface area contributed by atoms with Crippen LogP contribution < -0.4 is 5.56 Å². The molecule has 7 heteroatoms. The van der Waals surface area contributed by atoms with E-state index in [1.807, 2.05) is 42.2 Å². The number of thiophene rings is 2. The van der Waals surface area contributed by atoms with Crippen LogP contribution in [0.4, 0.5) is 0 Å². The van der Waals surface area contributed by atoms with Gasteiger partial charge in [0.05, 0.1) is 17.8 Å². The van der Waals surface area contributed by atoms with Gasteiger partial charge < -0.3 is 4.90 Å². The zero-order valence-corrected chi connectivity index (χ0v) is 19.1. The number of carbonyl (C=O) groups excluding carboxylic acids is 1. The molecule has 4 aromatic rings. The monoisotopic (exact) mass is 449 g/mol. The van der Waals surface area contributed by atoms with Crippen molar-refractivity contribution in [2.24, 2.45) is 0 Å². The summed E-state index contributed by atoms with van der Waals surface area (Å²) < 4.78 is 1.47. The van der Waals surface area contributed by atoms with Gasteiger partial charge in [-0.05, 0) is 47.9 Å². The molecule has 1 atom stereocenters. The standard InChI is InChI=1S/C24H23N3O2S2/c1-3-18-17-10-12-30-19(17)9-11-27(18)20(28)13-26-14-25-23-21(24(26)29)15(2)22(31-23)16-7-5-4-6-8-16/h4-8,10,12,14,18H,3,9,11,13H2,1-2H3. The fourth-order valence-electron chi connectivity index (χ4n) is 4.51. The van der Waals surface area contributed by atoms with E-state index in [0.717, 1.165) is 33.7 Å². The van der Waals surface area contributed by atoms with Gasteiger partial charge in [0.2, 0.25) is 5.91 Å². The molecule has 0 saturated heterocycles. The van der Waals surface area contributed by atoms with Gasteiger partial charge in [-0.1, -0.05) is 37.3 Å². The van der Waals surface area contributed by atoms with Gasteiger partial charge in [0.1, 0.15) is 11.4 Å². The van der Waals surface area contributed by atoms with Crippen molar-refractivity contribution >= 4 is 38.8 Å². The van der Waals surface area contributed by atoms with Crippen molar-refractivity contribution in [1.82, 2.24) is 14.5 Å². The van der Waals surface area contributed by atoms with Crippen molar-refractivity contribution in [3.05, 3.63) is 74.5 Å². The predicted octanol–water partition coefficient (Wildman–Crippen LogP) is 5.03. The lowest BCUT2D eigenvalue weighted by Gasteiger charge is -2.35. The quantitative estimate of drug-likeness (QED) is 0.439. The highest BCUT2D eigenvalue weighted by Gasteiger charge is 2.30. The van der Waals surface area contributed by atoms with E-state index in [0.29, 0.717) is 11.9 Å². The van der Waals surface area contributed by atoms with Crippen LogP contribution in [0.2, 0.25) is 0 Å². The normalized spacial score (nSPS) is 15.9. The highest BCUT2D eigenvalue weighted by Crippen LogP contribution is 2.36. The molecule has 1 aliphatic rings. The summed E-state index contributed by atoms with van der Waals surface area (Å²) in [6.07, 6.45) is 3.27. The summed E-state index contributed by atoms with van der Waals surface area (Å²) in [4.78, 5) is 36.1. The highest BCUT2D eigenvalue weighted by molar-refractivity contribution is 7.22. The Morgan fingerprint density at radius 3 is 2.81 bits per heavy atom. The Morgan fingerprint density at radius 2 is 2.03 bits per heavy atom. The molecule has 158 valence electrons. The molecular formula is C24H23N3O2S2. The maximum Gasteiger partial charge on any atom is 0.262 e. The minimum atomic E-state index is -0.143. The summed E-state index contributed by atoms with van der Waals surface area (Å²) >= 11 is 3.29. The number of benzene rings is 1. The summed E-state index contributed by atoms with van der Waals surface area (Å²) in [5.41, 5.74) is 3.12. The van der Waals surface area contributed by atoms with Gasteiger partial charge in [-0.3, -0.25) is 14.2 Å². The van der Waals surface area contributed by atoms with Crippen molar-refractivity contribution in [2.45, 2.75) is 39.3 Å². The third-order valence-corrected chi connectivity index (χ3v) is 8.31. The van der Waals surface area contributed by atoms with Gasteiger partial charge >= 0.3 is 0 Å². The lowest BCUT2D eigenvalue weighted by molar-refractivity contribution is -0.134. The zero-order chi connectivity index (χ0) is 21.5. The van der Waals surface area contributed by atoms with Gasteiger partial charge in [0.15, 0.2) is 0 Å². The number of nitrogens with zero attached hydrogens (tertiary/aromatic N) is 3. The number of hydrogen-bond donors (Lipinski definition) is 0. The number of fused-ring (bicyclic) bond motifs is 2.